The van der Waals surface area contributed by atoms with Gasteiger partial charge in [0.25, 0.3) is 5.91 Å². The predicted molar refractivity (Wildman–Crippen MR) is 120 cm³/mol. The number of hydrogen-bond donors (Lipinski definition) is 1. The Balaban J connectivity index is 1.70. The van der Waals surface area contributed by atoms with E-state index in [2.05, 4.69) is 20.3 Å². The average molecular weight is 493 g/mol. The summed E-state index contributed by atoms with van der Waals surface area (Å²) in [6.07, 6.45) is -2.01. The number of methoxy groups -OCH3 is 2. The van der Waals surface area contributed by atoms with E-state index in [-0.39, 0.29) is 16.7 Å². The maximum absolute atomic E-state index is 12.9. The number of carbonyl (C=O) groups is 2. The largest absolute Gasteiger partial charge is 0.493 e. The maximum atomic E-state index is 12.9. The van der Waals surface area contributed by atoms with E-state index in [1.165, 1.54) is 32.6 Å². The van der Waals surface area contributed by atoms with Crippen LogP contribution >= 0.6 is 11.8 Å². The number of benzene rings is 2. The number of nitrogens with zero attached hydrogens (tertiary/aromatic N) is 2. The zero-order chi connectivity index (χ0) is 24.7. The van der Waals surface area contributed by atoms with Gasteiger partial charge in [-0.1, -0.05) is 12.1 Å². The van der Waals surface area contributed by atoms with Gasteiger partial charge in [-0.25, -0.2) is 4.79 Å². The van der Waals surface area contributed by atoms with Crippen LogP contribution in [0, 0.1) is 0 Å². The van der Waals surface area contributed by atoms with Crippen molar-refractivity contribution in [2.24, 2.45) is 10.2 Å². The summed E-state index contributed by atoms with van der Waals surface area (Å²) in [6, 6.07) is 9.71. The van der Waals surface area contributed by atoms with Crippen LogP contribution in [0.15, 0.2) is 63.6 Å². The standard InChI is InChI=1S/C22H18F3N3O5S/c1-31-16-7-6-13(11-26-28-21-27-20(30)18(34-21)10-19(29)32-2)9-17(16)33-12-14-4-3-5-15(8-14)22(23,24)25/h3-11H,12H2,1-2H3,(H,27,28,30)/b18-10+,26-11?. The van der Waals surface area contributed by atoms with Gasteiger partial charge in [-0.3, -0.25) is 10.1 Å². The number of esters is 1. The predicted octanol–water partition coefficient (Wildman–Crippen LogP) is 3.90. The van der Waals surface area contributed by atoms with E-state index in [0.717, 1.165) is 30.0 Å². The fourth-order valence-electron chi connectivity index (χ4n) is 2.67. The Morgan fingerprint density at radius 3 is 2.65 bits per heavy atom. The molecule has 2 aromatic rings. The van der Waals surface area contributed by atoms with Crippen LogP contribution in [0.1, 0.15) is 16.7 Å². The quantitative estimate of drug-likeness (QED) is 0.272. The van der Waals surface area contributed by atoms with Crippen LogP contribution in [-0.2, 0) is 27.1 Å². The zero-order valence-electron chi connectivity index (χ0n) is 17.9. The molecule has 3 rings (SSSR count). The van der Waals surface area contributed by atoms with Crippen LogP contribution in [0.5, 0.6) is 11.5 Å². The Bertz CT molecular complexity index is 1180. The first-order chi connectivity index (χ1) is 16.2. The van der Waals surface area contributed by atoms with Crippen LogP contribution in [0.4, 0.5) is 13.2 Å². The summed E-state index contributed by atoms with van der Waals surface area (Å²) < 4.78 is 54.1. The van der Waals surface area contributed by atoms with Crippen LogP contribution in [-0.4, -0.2) is 37.5 Å². The van der Waals surface area contributed by atoms with E-state index in [1.54, 1.807) is 18.2 Å². The molecule has 0 saturated carbocycles. The lowest BCUT2D eigenvalue weighted by atomic mass is 10.1. The zero-order valence-corrected chi connectivity index (χ0v) is 18.7. The molecule has 0 aliphatic carbocycles. The number of amidine groups is 1. The summed E-state index contributed by atoms with van der Waals surface area (Å²) in [5, 5.41) is 10.4. The van der Waals surface area contributed by atoms with E-state index < -0.39 is 23.6 Å². The van der Waals surface area contributed by atoms with E-state index in [0.29, 0.717) is 22.6 Å². The molecule has 8 nitrogen and oxygen atoms in total. The van der Waals surface area contributed by atoms with Crippen LogP contribution < -0.4 is 14.8 Å². The number of rotatable bonds is 7. The molecule has 0 atom stereocenters. The van der Waals surface area contributed by atoms with Gasteiger partial charge >= 0.3 is 12.1 Å². The number of alkyl halides is 3. The van der Waals surface area contributed by atoms with Gasteiger partial charge < -0.3 is 14.2 Å². The van der Waals surface area contributed by atoms with Crippen molar-refractivity contribution in [2.45, 2.75) is 12.8 Å². The second-order valence-corrected chi connectivity index (χ2v) is 7.67. The third-order valence-corrected chi connectivity index (χ3v) is 5.19. The first kappa shape index (κ1) is 24.8. The highest BCUT2D eigenvalue weighted by Gasteiger charge is 2.30. The van der Waals surface area contributed by atoms with Gasteiger partial charge in [0.05, 0.1) is 30.9 Å². The molecule has 0 unspecified atom stereocenters. The number of thioether (sulfide) groups is 1. The molecule has 0 radical (unpaired) electrons. The van der Waals surface area contributed by atoms with Gasteiger partial charge in [0.15, 0.2) is 16.7 Å². The molecule has 0 bridgehead atoms. The maximum Gasteiger partial charge on any atom is 0.416 e. The molecule has 0 spiro atoms. The summed E-state index contributed by atoms with van der Waals surface area (Å²) >= 11 is 0.926. The molecule has 1 N–H and O–H groups in total. The Hall–Kier alpha value is -3.80. The molecule has 178 valence electrons. The van der Waals surface area contributed by atoms with Gasteiger partial charge in [-0.05, 0) is 53.2 Å². The van der Waals surface area contributed by atoms with Gasteiger partial charge in [0, 0.05) is 6.08 Å². The van der Waals surface area contributed by atoms with E-state index in [4.69, 9.17) is 9.47 Å². The number of hydrogen-bond acceptors (Lipinski definition) is 8. The fourth-order valence-corrected chi connectivity index (χ4v) is 3.41. The molecule has 2 aromatic carbocycles. The number of ether oxygens (including phenoxy) is 3. The highest BCUT2D eigenvalue weighted by atomic mass is 32.2. The molecule has 34 heavy (non-hydrogen) atoms. The lowest BCUT2D eigenvalue weighted by molar-refractivity contribution is -0.137. The van der Waals surface area contributed by atoms with E-state index in [1.807, 2.05) is 0 Å². The van der Waals surface area contributed by atoms with Crippen molar-refractivity contribution >= 4 is 35.0 Å². The monoisotopic (exact) mass is 493 g/mol. The fraction of sp³-hybridized carbons (Fsp3) is 0.182. The Labute approximate surface area is 196 Å². The van der Waals surface area contributed by atoms with Crippen molar-refractivity contribution in [2.75, 3.05) is 14.2 Å². The van der Waals surface area contributed by atoms with Crippen molar-refractivity contribution in [3.63, 3.8) is 0 Å². The van der Waals surface area contributed by atoms with Crippen molar-refractivity contribution in [3.8, 4) is 11.5 Å². The Kier molecular flexibility index (Phi) is 7.95. The van der Waals surface area contributed by atoms with Crippen LogP contribution in [0.25, 0.3) is 0 Å². The molecular formula is C22H18F3N3O5S. The summed E-state index contributed by atoms with van der Waals surface area (Å²) in [7, 11) is 2.63. The highest BCUT2D eigenvalue weighted by molar-refractivity contribution is 8.18. The summed E-state index contributed by atoms with van der Waals surface area (Å²) in [5.41, 5.74) is 0.137. The van der Waals surface area contributed by atoms with Crippen molar-refractivity contribution in [1.29, 1.82) is 0 Å². The summed E-state index contributed by atoms with van der Waals surface area (Å²) in [5.74, 6) is -0.493. The second kappa shape index (κ2) is 10.9. The third kappa shape index (κ3) is 6.61. The lowest BCUT2D eigenvalue weighted by Crippen LogP contribution is -2.19. The van der Waals surface area contributed by atoms with Crippen LogP contribution in [0.2, 0.25) is 0 Å². The lowest BCUT2D eigenvalue weighted by Gasteiger charge is -2.12. The van der Waals surface area contributed by atoms with Crippen molar-refractivity contribution < 1.29 is 37.0 Å². The van der Waals surface area contributed by atoms with E-state index in [9.17, 15) is 22.8 Å². The molecule has 1 fully saturated rings. The normalized spacial score (nSPS) is 16.2. The van der Waals surface area contributed by atoms with Crippen molar-refractivity contribution in [3.05, 3.63) is 70.1 Å². The third-order valence-electron chi connectivity index (χ3n) is 4.29. The minimum atomic E-state index is -4.45. The van der Waals surface area contributed by atoms with Gasteiger partial charge in [-0.2, -0.15) is 18.3 Å². The number of halogens is 3. The molecule has 1 saturated heterocycles. The molecule has 1 heterocycles. The SMILES string of the molecule is COC(=O)/C=C1/S/C(=N\N=Cc2ccc(OC)c(OCc3cccc(C(F)(F)F)c3)c2)NC1=O. The summed E-state index contributed by atoms with van der Waals surface area (Å²) in [6.45, 7) is -0.110. The van der Waals surface area contributed by atoms with E-state index >= 15 is 0 Å². The minimum Gasteiger partial charge on any atom is -0.493 e. The smallest absolute Gasteiger partial charge is 0.416 e. The number of amides is 1. The molecule has 12 heteroatoms. The first-order valence-corrected chi connectivity index (χ1v) is 10.4. The second-order valence-electron chi connectivity index (χ2n) is 6.63. The van der Waals surface area contributed by atoms with Gasteiger partial charge in [-0.15, -0.1) is 5.10 Å². The topological polar surface area (TPSA) is 98.6 Å². The minimum absolute atomic E-state index is 0.110. The summed E-state index contributed by atoms with van der Waals surface area (Å²) in [4.78, 5) is 23.2. The molecule has 1 amide bonds. The molecule has 0 aromatic heterocycles. The van der Waals surface area contributed by atoms with Gasteiger partial charge in [0.2, 0.25) is 0 Å². The molecular weight excluding hydrogens is 475 g/mol. The number of carbonyl (C=O) groups excluding carboxylic acids is 2. The highest BCUT2D eigenvalue weighted by Crippen LogP contribution is 2.31. The van der Waals surface area contributed by atoms with Crippen LogP contribution in [0.3, 0.4) is 0 Å². The Morgan fingerprint density at radius 1 is 1.15 bits per heavy atom. The molecule has 1 aliphatic rings. The van der Waals surface area contributed by atoms with Crippen molar-refractivity contribution in [1.82, 2.24) is 5.32 Å². The molecule has 1 aliphatic heterocycles. The average Bonchev–Trinajstić information content (AvgIpc) is 3.16. The first-order valence-electron chi connectivity index (χ1n) is 9.56. The van der Waals surface area contributed by atoms with Gasteiger partial charge in [0.1, 0.15) is 6.61 Å². The Morgan fingerprint density at radius 2 is 1.94 bits per heavy atom. The number of nitrogens with one attached hydrogen (secondary N) is 1.